The Morgan fingerprint density at radius 3 is 2.12 bits per heavy atom. The van der Waals surface area contributed by atoms with Gasteiger partial charge >= 0.3 is 13.6 Å². The Bertz CT molecular complexity index is 728. The van der Waals surface area contributed by atoms with E-state index in [9.17, 15) is 29.4 Å². The fourth-order valence-corrected chi connectivity index (χ4v) is 3.23. The Balaban J connectivity index is 2.24. The van der Waals surface area contributed by atoms with Gasteiger partial charge in [-0.15, -0.1) is 0 Å². The summed E-state index contributed by atoms with van der Waals surface area (Å²) in [6.07, 6.45) is 0.0128. The van der Waals surface area contributed by atoms with Gasteiger partial charge in [0.05, 0.1) is 0 Å². The van der Waals surface area contributed by atoms with Gasteiger partial charge in [-0.2, -0.15) is 0 Å². The monoisotopic (exact) mass is 351 g/mol. The smallest absolute Gasteiger partial charge is 0.346 e. The molecule has 24 heavy (non-hydrogen) atoms. The van der Waals surface area contributed by atoms with E-state index in [2.05, 4.69) is 5.32 Å². The van der Waals surface area contributed by atoms with E-state index < -0.39 is 25.4 Å². The Labute approximate surface area is 138 Å². The number of carboxylic acids is 1. The highest BCUT2D eigenvalue weighted by Crippen LogP contribution is 2.50. The van der Waals surface area contributed by atoms with Crippen molar-refractivity contribution in [3.05, 3.63) is 65.7 Å². The lowest BCUT2D eigenvalue weighted by Crippen LogP contribution is -2.40. The summed E-state index contributed by atoms with van der Waals surface area (Å²) in [4.78, 5) is 30.7. The molecule has 0 heterocycles. The summed E-state index contributed by atoms with van der Waals surface area (Å²) >= 11 is 0. The highest BCUT2D eigenvalue weighted by molar-refractivity contribution is 7.52. The van der Waals surface area contributed by atoms with Crippen molar-refractivity contribution in [3.8, 4) is 5.75 Å². The highest BCUT2D eigenvalue weighted by Gasteiger charge is 2.34. The minimum atomic E-state index is -4.62. The lowest BCUT2D eigenvalue weighted by atomic mass is 10.1. The van der Waals surface area contributed by atoms with Crippen molar-refractivity contribution in [2.45, 2.75) is 18.2 Å². The average molecular weight is 351 g/mol. The Morgan fingerprint density at radius 1 is 1.04 bits per heavy atom. The molecule has 0 fully saturated rings. The van der Waals surface area contributed by atoms with Crippen molar-refractivity contribution in [1.29, 1.82) is 0 Å². The quantitative estimate of drug-likeness (QED) is 0.482. The molecule has 0 aromatic heterocycles. The van der Waals surface area contributed by atoms with Gasteiger partial charge in [0.2, 0.25) is 0 Å². The van der Waals surface area contributed by atoms with Crippen LogP contribution in [-0.2, 0) is 15.8 Å². The van der Waals surface area contributed by atoms with Gasteiger partial charge in [-0.1, -0.05) is 42.5 Å². The number of rotatable bonds is 7. The van der Waals surface area contributed by atoms with Crippen molar-refractivity contribution < 1.29 is 29.4 Å². The number of phenols is 1. The van der Waals surface area contributed by atoms with Gasteiger partial charge in [-0.05, 0) is 29.7 Å². The number of hydrogen-bond acceptors (Lipinski definition) is 4. The highest BCUT2D eigenvalue weighted by atomic mass is 31.2. The number of carbonyl (C=O) groups is 1. The molecular formula is C16H18NO6P. The third kappa shape index (κ3) is 4.91. The summed E-state index contributed by atoms with van der Waals surface area (Å²) in [5, 5.41) is 21.2. The van der Waals surface area contributed by atoms with Gasteiger partial charge in [-0.3, -0.25) is 14.7 Å². The number of benzene rings is 2. The summed E-state index contributed by atoms with van der Waals surface area (Å²) in [7, 11) is -4.62. The van der Waals surface area contributed by atoms with Crippen LogP contribution in [0, 0.1) is 0 Å². The molecule has 0 radical (unpaired) electrons. The third-order valence-electron chi connectivity index (χ3n) is 3.48. The first kappa shape index (κ1) is 18.2. The number of hydrogen-bond donors (Lipinski definition) is 5. The minimum Gasteiger partial charge on any atom is -0.508 e. The molecule has 0 aliphatic heterocycles. The molecule has 7 nitrogen and oxygen atoms in total. The molecular weight excluding hydrogens is 333 g/mol. The fourth-order valence-electron chi connectivity index (χ4n) is 2.30. The zero-order chi connectivity index (χ0) is 17.7. The molecule has 2 aromatic rings. The maximum absolute atomic E-state index is 11.8. The molecule has 0 amide bonds. The zero-order valence-corrected chi connectivity index (χ0v) is 13.5. The van der Waals surface area contributed by atoms with Crippen LogP contribution >= 0.6 is 7.60 Å². The van der Waals surface area contributed by atoms with Crippen LogP contribution in [0.5, 0.6) is 5.75 Å². The molecule has 0 aliphatic carbocycles. The number of carboxylic acid groups (broad SMARTS) is 1. The van der Waals surface area contributed by atoms with Gasteiger partial charge in [0, 0.05) is 0 Å². The number of nitrogens with one attached hydrogen (secondary N) is 1. The maximum Gasteiger partial charge on any atom is 0.346 e. The van der Waals surface area contributed by atoms with Crippen molar-refractivity contribution in [1.82, 2.24) is 5.32 Å². The van der Waals surface area contributed by atoms with E-state index in [1.54, 1.807) is 30.3 Å². The molecule has 0 saturated carbocycles. The van der Waals surface area contributed by atoms with E-state index in [0.717, 1.165) is 0 Å². The van der Waals surface area contributed by atoms with E-state index in [0.29, 0.717) is 11.1 Å². The van der Waals surface area contributed by atoms with Crippen molar-refractivity contribution in [3.63, 3.8) is 0 Å². The van der Waals surface area contributed by atoms with Crippen molar-refractivity contribution in [2.24, 2.45) is 0 Å². The molecule has 2 unspecified atom stereocenters. The molecule has 128 valence electrons. The summed E-state index contributed by atoms with van der Waals surface area (Å²) in [5.41, 5.74) is 0.924. The van der Waals surface area contributed by atoms with E-state index in [4.69, 9.17) is 0 Å². The van der Waals surface area contributed by atoms with Gasteiger partial charge in [0.25, 0.3) is 0 Å². The van der Waals surface area contributed by atoms with Crippen LogP contribution in [-0.4, -0.2) is 32.0 Å². The molecule has 2 atom stereocenters. The largest absolute Gasteiger partial charge is 0.508 e. The normalized spacial score (nSPS) is 14.1. The zero-order valence-electron chi connectivity index (χ0n) is 12.6. The van der Waals surface area contributed by atoms with Crippen molar-refractivity contribution in [2.75, 3.05) is 0 Å². The first-order valence-electron chi connectivity index (χ1n) is 7.14. The van der Waals surface area contributed by atoms with Crippen LogP contribution in [0.1, 0.15) is 16.9 Å². The van der Waals surface area contributed by atoms with Crippen LogP contribution in [0.3, 0.4) is 0 Å². The maximum atomic E-state index is 11.8. The summed E-state index contributed by atoms with van der Waals surface area (Å²) in [6, 6.07) is 12.7. The first-order valence-corrected chi connectivity index (χ1v) is 8.82. The van der Waals surface area contributed by atoms with Gasteiger partial charge in [-0.25, -0.2) is 0 Å². The first-order chi connectivity index (χ1) is 11.3. The van der Waals surface area contributed by atoms with Gasteiger partial charge in [0.15, 0.2) is 0 Å². The third-order valence-corrected chi connectivity index (χ3v) is 4.60. The Morgan fingerprint density at radius 2 is 1.62 bits per heavy atom. The van der Waals surface area contributed by atoms with Crippen LogP contribution in [0.15, 0.2) is 54.6 Å². The molecule has 5 N–H and O–H groups in total. The molecule has 0 aliphatic rings. The molecule has 0 saturated heterocycles. The summed E-state index contributed by atoms with van der Waals surface area (Å²) in [5.74, 6) is -2.59. The molecule has 8 heteroatoms. The lowest BCUT2D eigenvalue weighted by Gasteiger charge is -2.24. The second kappa shape index (κ2) is 7.59. The predicted octanol–water partition coefficient (Wildman–Crippen LogP) is 1.85. The van der Waals surface area contributed by atoms with Crippen LogP contribution < -0.4 is 5.32 Å². The van der Waals surface area contributed by atoms with Gasteiger partial charge < -0.3 is 20.0 Å². The van der Waals surface area contributed by atoms with E-state index >= 15 is 0 Å². The molecule has 2 rings (SSSR count). The van der Waals surface area contributed by atoms with Crippen LogP contribution in [0.4, 0.5) is 0 Å². The SMILES string of the molecule is O=C(O)C(Cc1ccc(O)cc1)NC(c1ccccc1)P(=O)(O)O. The Hall–Kier alpha value is -2.18. The molecule has 2 aromatic carbocycles. The average Bonchev–Trinajstić information content (AvgIpc) is 2.52. The van der Waals surface area contributed by atoms with Crippen LogP contribution in [0.25, 0.3) is 0 Å². The molecule has 0 bridgehead atoms. The van der Waals surface area contributed by atoms with Gasteiger partial charge in [0.1, 0.15) is 17.6 Å². The topological polar surface area (TPSA) is 127 Å². The van der Waals surface area contributed by atoms with E-state index in [-0.39, 0.29) is 12.2 Å². The molecule has 0 spiro atoms. The summed E-state index contributed by atoms with van der Waals surface area (Å²) < 4.78 is 11.8. The second-order valence-electron chi connectivity index (χ2n) is 5.33. The number of phenolic OH excluding ortho intramolecular Hbond substituents is 1. The van der Waals surface area contributed by atoms with E-state index in [1.165, 1.54) is 24.3 Å². The summed E-state index contributed by atoms with van der Waals surface area (Å²) in [6.45, 7) is 0. The fraction of sp³-hybridized carbons (Fsp3) is 0.188. The van der Waals surface area contributed by atoms with Crippen LogP contribution in [0.2, 0.25) is 0 Å². The second-order valence-corrected chi connectivity index (χ2v) is 7.02. The standard InChI is InChI=1S/C16H18NO6P/c18-13-8-6-11(7-9-13)10-14(16(19)20)17-15(24(21,22)23)12-4-2-1-3-5-12/h1-9,14-15,17-18H,10H2,(H,19,20)(H2,21,22,23). The Kier molecular flexibility index (Phi) is 5.75. The van der Waals surface area contributed by atoms with E-state index in [1.807, 2.05) is 0 Å². The number of aliphatic carboxylic acids is 1. The van der Waals surface area contributed by atoms with Crippen molar-refractivity contribution >= 4 is 13.6 Å². The lowest BCUT2D eigenvalue weighted by molar-refractivity contribution is -0.139. The minimum absolute atomic E-state index is 0.0128. The number of aromatic hydroxyl groups is 1. The predicted molar refractivity (Wildman–Crippen MR) is 87.6 cm³/mol.